The van der Waals surface area contributed by atoms with Crippen LogP contribution in [0.1, 0.15) is 24.6 Å². The standard InChI is InChI=1S/C16H20N2O/c1-3-15-12(5-4-8-19-2)6-7-16(17-15)18-10-13-9-14(13)11-18/h5-8,13-14H,3,9-11H2,1-2H3. The van der Waals surface area contributed by atoms with Crippen LogP contribution in [0.15, 0.2) is 24.1 Å². The summed E-state index contributed by atoms with van der Waals surface area (Å²) in [4.78, 5) is 7.23. The average Bonchev–Trinajstić information content (AvgIpc) is 3.05. The number of piperidine rings is 1. The zero-order chi connectivity index (χ0) is 13.2. The number of aromatic nitrogens is 1. The summed E-state index contributed by atoms with van der Waals surface area (Å²) in [6.07, 6.45) is 5.86. The predicted molar refractivity (Wildman–Crippen MR) is 77.0 cm³/mol. The van der Waals surface area contributed by atoms with Crippen LogP contribution in [0.2, 0.25) is 0 Å². The predicted octanol–water partition coefficient (Wildman–Crippen LogP) is 2.87. The number of hydrogen-bond acceptors (Lipinski definition) is 3. The molecule has 0 amide bonds. The molecule has 2 unspecified atom stereocenters. The third-order valence-electron chi connectivity index (χ3n) is 4.06. The second-order valence-electron chi connectivity index (χ2n) is 5.38. The number of anilines is 1. The number of ether oxygens (including phenoxy) is 1. The van der Waals surface area contributed by atoms with Gasteiger partial charge in [0.15, 0.2) is 0 Å². The normalized spacial score (nSPS) is 23.6. The summed E-state index contributed by atoms with van der Waals surface area (Å²) in [6.45, 7) is 4.53. The van der Waals surface area contributed by atoms with E-state index in [4.69, 9.17) is 9.72 Å². The van der Waals surface area contributed by atoms with Crippen LogP contribution in [0.4, 0.5) is 5.82 Å². The first kappa shape index (κ1) is 12.3. The molecule has 1 aromatic heterocycles. The third kappa shape index (κ3) is 2.52. The van der Waals surface area contributed by atoms with E-state index in [1.807, 2.05) is 6.08 Å². The summed E-state index contributed by atoms with van der Waals surface area (Å²) >= 11 is 0. The lowest BCUT2D eigenvalue weighted by molar-refractivity contribution is 0.339. The summed E-state index contributed by atoms with van der Waals surface area (Å²) in [5.74, 6) is 3.02. The van der Waals surface area contributed by atoms with E-state index in [0.717, 1.165) is 35.3 Å². The van der Waals surface area contributed by atoms with E-state index in [1.165, 1.54) is 19.5 Å². The molecule has 1 aliphatic heterocycles. The van der Waals surface area contributed by atoms with Crippen molar-refractivity contribution < 1.29 is 4.74 Å². The Morgan fingerprint density at radius 2 is 2.21 bits per heavy atom. The van der Waals surface area contributed by atoms with Crippen molar-refractivity contribution in [2.24, 2.45) is 11.8 Å². The van der Waals surface area contributed by atoms with Crippen molar-refractivity contribution in [3.8, 4) is 0 Å². The van der Waals surface area contributed by atoms with Crippen molar-refractivity contribution in [2.45, 2.75) is 19.8 Å². The van der Waals surface area contributed by atoms with Crippen LogP contribution in [-0.4, -0.2) is 25.2 Å². The van der Waals surface area contributed by atoms with Gasteiger partial charge in [0.2, 0.25) is 0 Å². The van der Waals surface area contributed by atoms with E-state index in [9.17, 15) is 0 Å². The summed E-state index contributed by atoms with van der Waals surface area (Å²) in [5, 5.41) is 0. The Balaban J connectivity index is 1.82. The Morgan fingerprint density at radius 3 is 2.89 bits per heavy atom. The smallest absolute Gasteiger partial charge is 0.128 e. The summed E-state index contributed by atoms with van der Waals surface area (Å²) in [6, 6.07) is 4.27. The molecule has 0 spiro atoms. The molecule has 0 radical (unpaired) electrons. The van der Waals surface area contributed by atoms with Gasteiger partial charge in [0, 0.05) is 18.7 Å². The number of nitrogens with zero attached hydrogens (tertiary/aromatic N) is 2. The summed E-state index contributed by atoms with van der Waals surface area (Å²) in [5.41, 5.74) is 5.27. The van der Waals surface area contributed by atoms with Gasteiger partial charge in [-0.1, -0.05) is 12.7 Å². The van der Waals surface area contributed by atoms with Gasteiger partial charge in [-0.05, 0) is 42.9 Å². The van der Waals surface area contributed by atoms with Crippen LogP contribution >= 0.6 is 0 Å². The Bertz CT molecular complexity index is 522. The maximum atomic E-state index is 4.86. The van der Waals surface area contributed by atoms with Crippen molar-refractivity contribution in [1.82, 2.24) is 4.98 Å². The first-order valence-corrected chi connectivity index (χ1v) is 7.00. The lowest BCUT2D eigenvalue weighted by Crippen LogP contribution is -2.23. The van der Waals surface area contributed by atoms with Crippen molar-refractivity contribution >= 4 is 11.9 Å². The van der Waals surface area contributed by atoms with Gasteiger partial charge < -0.3 is 9.64 Å². The van der Waals surface area contributed by atoms with Gasteiger partial charge in [0.25, 0.3) is 0 Å². The first-order chi connectivity index (χ1) is 9.31. The number of pyridine rings is 1. The molecule has 19 heavy (non-hydrogen) atoms. The minimum absolute atomic E-state index is 0.940. The first-order valence-electron chi connectivity index (χ1n) is 7.00. The molecule has 2 fully saturated rings. The minimum Gasteiger partial charge on any atom is -0.496 e. The molecular formula is C16H20N2O. The molecule has 1 aliphatic carbocycles. The van der Waals surface area contributed by atoms with Crippen LogP contribution < -0.4 is 4.90 Å². The maximum absolute atomic E-state index is 4.86. The van der Waals surface area contributed by atoms with Crippen molar-refractivity contribution in [1.29, 1.82) is 0 Å². The van der Waals surface area contributed by atoms with Gasteiger partial charge in [-0.2, -0.15) is 0 Å². The summed E-state index contributed by atoms with van der Waals surface area (Å²) in [7, 11) is 1.63. The molecule has 1 saturated heterocycles. The van der Waals surface area contributed by atoms with Crippen LogP contribution in [0.3, 0.4) is 0 Å². The third-order valence-corrected chi connectivity index (χ3v) is 4.06. The van der Waals surface area contributed by atoms with Gasteiger partial charge in [-0.25, -0.2) is 4.98 Å². The van der Waals surface area contributed by atoms with Gasteiger partial charge >= 0.3 is 0 Å². The maximum Gasteiger partial charge on any atom is 0.128 e. The molecule has 2 heterocycles. The Hall–Kier alpha value is -1.73. The van der Waals surface area contributed by atoms with Gasteiger partial charge in [0.1, 0.15) is 12.1 Å². The molecule has 2 aliphatic rings. The van der Waals surface area contributed by atoms with Crippen LogP contribution in [0.25, 0.3) is 6.08 Å². The molecule has 3 nitrogen and oxygen atoms in total. The Morgan fingerprint density at radius 1 is 1.42 bits per heavy atom. The highest BCUT2D eigenvalue weighted by Crippen LogP contribution is 2.45. The quantitative estimate of drug-likeness (QED) is 0.612. The van der Waals surface area contributed by atoms with Crippen molar-refractivity contribution in [2.75, 3.05) is 25.1 Å². The molecule has 0 bridgehead atoms. The lowest BCUT2D eigenvalue weighted by atomic mass is 10.1. The van der Waals surface area contributed by atoms with Gasteiger partial charge in [0.05, 0.1) is 12.8 Å². The number of aryl methyl sites for hydroxylation is 1. The van der Waals surface area contributed by atoms with E-state index in [2.05, 4.69) is 29.7 Å². The fraction of sp³-hybridized carbons (Fsp3) is 0.500. The van der Waals surface area contributed by atoms with Crippen LogP contribution in [0.5, 0.6) is 0 Å². The number of methoxy groups -OCH3 is 1. The van der Waals surface area contributed by atoms with Crippen LogP contribution in [-0.2, 0) is 11.2 Å². The molecule has 1 saturated carbocycles. The molecule has 1 aromatic rings. The number of fused-ring (bicyclic) bond motifs is 1. The SMILES string of the molecule is CCc1nc(N2CC3CC3C2)ccc1C=C=COC. The minimum atomic E-state index is 0.940. The van der Waals surface area contributed by atoms with Crippen molar-refractivity contribution in [3.05, 3.63) is 35.4 Å². The average molecular weight is 256 g/mol. The highest BCUT2D eigenvalue weighted by Gasteiger charge is 2.45. The molecule has 3 rings (SSSR count). The van der Waals surface area contributed by atoms with E-state index in [-0.39, 0.29) is 0 Å². The fourth-order valence-electron chi connectivity index (χ4n) is 2.87. The Labute approximate surface area is 114 Å². The summed E-state index contributed by atoms with van der Waals surface area (Å²) < 4.78 is 4.86. The highest BCUT2D eigenvalue weighted by molar-refractivity contribution is 5.55. The zero-order valence-electron chi connectivity index (χ0n) is 11.6. The molecule has 100 valence electrons. The Kier molecular flexibility index (Phi) is 3.31. The van der Waals surface area contributed by atoms with Crippen LogP contribution in [0, 0.1) is 11.8 Å². The second-order valence-corrected chi connectivity index (χ2v) is 5.38. The number of rotatable bonds is 4. The second kappa shape index (κ2) is 5.10. The van der Waals surface area contributed by atoms with Gasteiger partial charge in [-0.3, -0.25) is 0 Å². The van der Waals surface area contributed by atoms with Gasteiger partial charge in [-0.15, -0.1) is 0 Å². The zero-order valence-corrected chi connectivity index (χ0v) is 11.6. The lowest BCUT2D eigenvalue weighted by Gasteiger charge is -2.20. The van der Waals surface area contributed by atoms with E-state index in [1.54, 1.807) is 13.4 Å². The molecular weight excluding hydrogens is 236 g/mol. The van der Waals surface area contributed by atoms with E-state index < -0.39 is 0 Å². The monoisotopic (exact) mass is 256 g/mol. The molecule has 3 heteroatoms. The molecule has 2 atom stereocenters. The topological polar surface area (TPSA) is 25.4 Å². The fourth-order valence-corrected chi connectivity index (χ4v) is 2.87. The van der Waals surface area contributed by atoms with E-state index >= 15 is 0 Å². The largest absolute Gasteiger partial charge is 0.496 e. The van der Waals surface area contributed by atoms with Crippen molar-refractivity contribution in [3.63, 3.8) is 0 Å². The highest BCUT2D eigenvalue weighted by atomic mass is 16.5. The molecule has 0 aromatic carbocycles. The molecule has 0 N–H and O–H groups in total. The van der Waals surface area contributed by atoms with E-state index in [0.29, 0.717) is 0 Å². The number of hydrogen-bond donors (Lipinski definition) is 0.